The molecule has 0 aliphatic carbocycles. The van der Waals surface area contributed by atoms with Gasteiger partial charge in [0, 0.05) is 6.42 Å². The summed E-state index contributed by atoms with van der Waals surface area (Å²) in [6.45, 7) is 2.59. The number of ether oxygens (including phenoxy) is 1. The quantitative estimate of drug-likeness (QED) is 0.757. The number of anilines is 1. The molecule has 6 heteroatoms. The largest absolute Gasteiger partial charge is 0.465 e. The molecule has 0 aliphatic rings. The number of amides is 1. The molecule has 1 atom stereocenters. The Hall–Kier alpha value is -1.95. The fourth-order valence-electron chi connectivity index (χ4n) is 1.88. The molecule has 0 aliphatic heterocycles. The Labute approximate surface area is 123 Å². The minimum absolute atomic E-state index is 0.0191. The topological polar surface area (TPSA) is 81.4 Å². The van der Waals surface area contributed by atoms with Crippen LogP contribution in [0.15, 0.2) is 18.2 Å². The predicted molar refractivity (Wildman–Crippen MR) is 78.4 cm³/mol. The fraction of sp³-hybridized carbons (Fsp3) is 0.467. The first-order valence-electron chi connectivity index (χ1n) is 6.85. The number of hydrogen-bond donors (Lipinski definition) is 2. The van der Waals surface area contributed by atoms with Gasteiger partial charge in [0.25, 0.3) is 0 Å². The predicted octanol–water partition coefficient (Wildman–Crippen LogP) is 2.32. The minimum atomic E-state index is -0.592. The third-order valence-corrected chi connectivity index (χ3v) is 3.19. The van der Waals surface area contributed by atoms with Crippen LogP contribution in [0.1, 0.15) is 36.5 Å². The van der Waals surface area contributed by atoms with Crippen LogP contribution in [0.25, 0.3) is 0 Å². The highest BCUT2D eigenvalue weighted by atomic mass is 19.1. The van der Waals surface area contributed by atoms with Gasteiger partial charge in [-0.05, 0) is 43.5 Å². The Morgan fingerprint density at radius 2 is 2.10 bits per heavy atom. The second-order valence-corrected chi connectivity index (χ2v) is 4.96. The Kier molecular flexibility index (Phi) is 6.81. The summed E-state index contributed by atoms with van der Waals surface area (Å²) in [4.78, 5) is 23.2. The van der Waals surface area contributed by atoms with E-state index in [1.54, 1.807) is 0 Å². The lowest BCUT2D eigenvalue weighted by Crippen LogP contribution is -2.15. The number of esters is 1. The first-order chi connectivity index (χ1) is 9.97. The normalized spacial score (nSPS) is 11.8. The van der Waals surface area contributed by atoms with Crippen LogP contribution in [-0.2, 0) is 9.53 Å². The van der Waals surface area contributed by atoms with Crippen LogP contribution < -0.4 is 11.1 Å². The Balaban J connectivity index is 2.65. The highest BCUT2D eigenvalue weighted by molar-refractivity contribution is 5.94. The van der Waals surface area contributed by atoms with E-state index < -0.39 is 11.8 Å². The summed E-state index contributed by atoms with van der Waals surface area (Å²) in [5, 5.41) is 2.47. The molecular weight excluding hydrogens is 275 g/mol. The van der Waals surface area contributed by atoms with E-state index in [2.05, 4.69) is 10.1 Å². The molecule has 1 rings (SSSR count). The Bertz CT molecular complexity index is 506. The molecular formula is C15H21FN2O3. The number of carbonyl (C=O) groups excluding carboxylic acids is 2. The second-order valence-electron chi connectivity index (χ2n) is 4.96. The van der Waals surface area contributed by atoms with Crippen molar-refractivity contribution in [3.8, 4) is 0 Å². The summed E-state index contributed by atoms with van der Waals surface area (Å²) in [6, 6.07) is 3.70. The lowest BCUT2D eigenvalue weighted by atomic mass is 10.0. The molecule has 0 saturated heterocycles. The number of halogens is 1. The van der Waals surface area contributed by atoms with E-state index in [9.17, 15) is 14.0 Å². The summed E-state index contributed by atoms with van der Waals surface area (Å²) < 4.78 is 18.2. The lowest BCUT2D eigenvalue weighted by Gasteiger charge is -2.11. The van der Waals surface area contributed by atoms with Crippen LogP contribution in [0, 0.1) is 11.7 Å². The average Bonchev–Trinajstić information content (AvgIpc) is 2.47. The van der Waals surface area contributed by atoms with Crippen molar-refractivity contribution in [1.29, 1.82) is 0 Å². The van der Waals surface area contributed by atoms with E-state index in [1.165, 1.54) is 19.2 Å². The molecule has 0 fully saturated rings. The highest BCUT2D eigenvalue weighted by Crippen LogP contribution is 2.18. The number of nitrogens with one attached hydrogen (secondary N) is 1. The number of hydrogen-bond acceptors (Lipinski definition) is 4. The van der Waals surface area contributed by atoms with E-state index in [-0.39, 0.29) is 23.6 Å². The number of carbonyl (C=O) groups is 2. The maximum Gasteiger partial charge on any atom is 0.337 e. The molecule has 0 saturated carbocycles. The van der Waals surface area contributed by atoms with Crippen LogP contribution in [0.2, 0.25) is 0 Å². The highest BCUT2D eigenvalue weighted by Gasteiger charge is 2.13. The van der Waals surface area contributed by atoms with Crippen molar-refractivity contribution in [3.63, 3.8) is 0 Å². The van der Waals surface area contributed by atoms with Gasteiger partial charge in [-0.3, -0.25) is 4.79 Å². The van der Waals surface area contributed by atoms with Gasteiger partial charge in [0.2, 0.25) is 5.91 Å². The molecule has 0 heterocycles. The lowest BCUT2D eigenvalue weighted by molar-refractivity contribution is -0.116. The monoisotopic (exact) mass is 296 g/mol. The molecule has 5 nitrogen and oxygen atoms in total. The molecule has 1 aromatic carbocycles. The number of methoxy groups -OCH3 is 1. The van der Waals surface area contributed by atoms with Gasteiger partial charge in [-0.2, -0.15) is 0 Å². The number of rotatable bonds is 7. The molecule has 1 amide bonds. The van der Waals surface area contributed by atoms with Gasteiger partial charge < -0.3 is 15.8 Å². The molecule has 0 spiro atoms. The maximum absolute atomic E-state index is 13.6. The van der Waals surface area contributed by atoms with E-state index in [0.29, 0.717) is 18.9 Å². The summed E-state index contributed by atoms with van der Waals surface area (Å²) >= 11 is 0. The zero-order valence-corrected chi connectivity index (χ0v) is 12.3. The smallest absolute Gasteiger partial charge is 0.337 e. The third-order valence-electron chi connectivity index (χ3n) is 3.19. The molecule has 0 radical (unpaired) electrons. The van der Waals surface area contributed by atoms with Gasteiger partial charge in [0.15, 0.2) is 0 Å². The molecule has 21 heavy (non-hydrogen) atoms. The zero-order chi connectivity index (χ0) is 15.8. The van der Waals surface area contributed by atoms with E-state index in [0.717, 1.165) is 12.5 Å². The molecule has 1 unspecified atom stereocenters. The van der Waals surface area contributed by atoms with Crippen molar-refractivity contribution in [2.75, 3.05) is 19.0 Å². The van der Waals surface area contributed by atoms with Gasteiger partial charge in [-0.25, -0.2) is 9.18 Å². The van der Waals surface area contributed by atoms with Crippen molar-refractivity contribution >= 4 is 17.6 Å². The summed E-state index contributed by atoms with van der Waals surface area (Å²) in [7, 11) is 1.24. The van der Waals surface area contributed by atoms with Gasteiger partial charge >= 0.3 is 5.97 Å². The van der Waals surface area contributed by atoms with Gasteiger partial charge in [0.1, 0.15) is 5.82 Å². The van der Waals surface area contributed by atoms with E-state index >= 15 is 0 Å². The van der Waals surface area contributed by atoms with Crippen LogP contribution in [0.3, 0.4) is 0 Å². The number of benzene rings is 1. The molecule has 1 aromatic rings. The van der Waals surface area contributed by atoms with Crippen molar-refractivity contribution in [1.82, 2.24) is 0 Å². The van der Waals surface area contributed by atoms with Crippen LogP contribution in [-0.4, -0.2) is 25.5 Å². The minimum Gasteiger partial charge on any atom is -0.465 e. The van der Waals surface area contributed by atoms with Crippen LogP contribution >= 0.6 is 0 Å². The van der Waals surface area contributed by atoms with Crippen molar-refractivity contribution < 1.29 is 18.7 Å². The molecule has 0 bridgehead atoms. The average molecular weight is 296 g/mol. The molecule has 3 N–H and O–H groups in total. The van der Waals surface area contributed by atoms with Gasteiger partial charge in [-0.1, -0.05) is 6.92 Å². The second kappa shape index (κ2) is 8.36. The van der Waals surface area contributed by atoms with Crippen LogP contribution in [0.5, 0.6) is 0 Å². The van der Waals surface area contributed by atoms with E-state index in [1.807, 2.05) is 6.92 Å². The molecule has 0 aromatic heterocycles. The maximum atomic E-state index is 13.6. The zero-order valence-electron chi connectivity index (χ0n) is 12.3. The van der Waals surface area contributed by atoms with E-state index in [4.69, 9.17) is 5.73 Å². The van der Waals surface area contributed by atoms with Gasteiger partial charge in [-0.15, -0.1) is 0 Å². The third kappa shape index (κ3) is 5.51. The summed E-state index contributed by atoms with van der Waals surface area (Å²) in [6.07, 6.45) is 1.81. The molecule has 116 valence electrons. The first-order valence-corrected chi connectivity index (χ1v) is 6.85. The standard InChI is InChI=1S/C15H21FN2O3/c1-10(7-8-17)3-6-14(19)18-13-9-11(15(20)21-2)4-5-12(13)16/h4-5,9-10H,3,6-8,17H2,1-2H3,(H,18,19). The summed E-state index contributed by atoms with van der Waals surface area (Å²) in [5.74, 6) is -1.13. The Morgan fingerprint density at radius 1 is 1.38 bits per heavy atom. The SMILES string of the molecule is COC(=O)c1ccc(F)c(NC(=O)CCC(C)CCN)c1. The fourth-order valence-corrected chi connectivity index (χ4v) is 1.88. The number of nitrogens with two attached hydrogens (primary N) is 1. The van der Waals surface area contributed by atoms with Crippen LogP contribution in [0.4, 0.5) is 10.1 Å². The first kappa shape index (κ1) is 17.1. The van der Waals surface area contributed by atoms with Crippen molar-refractivity contribution in [2.45, 2.75) is 26.2 Å². The Morgan fingerprint density at radius 3 is 2.71 bits per heavy atom. The van der Waals surface area contributed by atoms with Gasteiger partial charge in [0.05, 0.1) is 18.4 Å². The summed E-state index contributed by atoms with van der Waals surface area (Å²) in [5.41, 5.74) is 5.61. The van der Waals surface area contributed by atoms with Crippen molar-refractivity contribution in [2.24, 2.45) is 11.7 Å². The van der Waals surface area contributed by atoms with Crippen molar-refractivity contribution in [3.05, 3.63) is 29.6 Å².